The van der Waals surface area contributed by atoms with Crippen molar-refractivity contribution in [2.75, 3.05) is 32.0 Å². The van der Waals surface area contributed by atoms with Crippen molar-refractivity contribution < 1.29 is 9.53 Å². The number of fused-ring (bicyclic) bond motifs is 1. The molecule has 1 saturated carbocycles. The molecule has 136 valence electrons. The van der Waals surface area contributed by atoms with Gasteiger partial charge in [-0.1, -0.05) is 30.3 Å². The number of nitrogens with two attached hydrogens (primary N) is 1. The molecule has 4 rings (SSSR count). The van der Waals surface area contributed by atoms with Crippen molar-refractivity contribution in [2.24, 2.45) is 17.8 Å². The van der Waals surface area contributed by atoms with E-state index in [1.54, 1.807) is 6.07 Å². The van der Waals surface area contributed by atoms with Gasteiger partial charge in [-0.05, 0) is 42.9 Å². The third kappa shape index (κ3) is 3.44. The molecule has 2 fully saturated rings. The molecule has 1 aliphatic carbocycles. The lowest BCUT2D eigenvalue weighted by Gasteiger charge is -2.19. The van der Waals surface area contributed by atoms with Gasteiger partial charge in [0, 0.05) is 25.2 Å². The molecule has 0 bridgehead atoms. The molecule has 2 N–H and O–H groups in total. The number of ether oxygens (including phenoxy) is 1. The predicted octanol–water partition coefficient (Wildman–Crippen LogP) is 2.61. The summed E-state index contributed by atoms with van der Waals surface area (Å²) in [4.78, 5) is 18.7. The lowest BCUT2D eigenvalue weighted by Crippen LogP contribution is -2.28. The van der Waals surface area contributed by atoms with E-state index < -0.39 is 0 Å². The zero-order chi connectivity index (χ0) is 18.1. The Labute approximate surface area is 154 Å². The zero-order valence-corrected chi connectivity index (χ0v) is 15.1. The summed E-state index contributed by atoms with van der Waals surface area (Å²) in [5, 5.41) is 0. The van der Waals surface area contributed by atoms with E-state index in [1.165, 1.54) is 5.56 Å². The molecule has 1 aromatic heterocycles. The van der Waals surface area contributed by atoms with E-state index in [1.807, 2.05) is 19.1 Å². The van der Waals surface area contributed by atoms with Crippen molar-refractivity contribution in [3.63, 3.8) is 0 Å². The van der Waals surface area contributed by atoms with Gasteiger partial charge in [0.1, 0.15) is 5.82 Å². The molecular weight excluding hydrogens is 326 g/mol. The molecule has 2 aliphatic rings. The number of pyridine rings is 1. The van der Waals surface area contributed by atoms with Crippen LogP contribution in [0, 0.1) is 17.8 Å². The van der Waals surface area contributed by atoms with E-state index in [0.717, 1.165) is 37.3 Å². The summed E-state index contributed by atoms with van der Waals surface area (Å²) in [5.74, 6) is 1.75. The smallest absolute Gasteiger partial charge is 0.309 e. The van der Waals surface area contributed by atoms with Gasteiger partial charge in [-0.2, -0.15) is 0 Å². The molecule has 1 saturated heterocycles. The second kappa shape index (κ2) is 7.08. The average Bonchev–Trinajstić information content (AvgIpc) is 3.16. The van der Waals surface area contributed by atoms with Crippen LogP contribution in [0.25, 0.3) is 11.3 Å². The maximum absolute atomic E-state index is 11.8. The van der Waals surface area contributed by atoms with Crippen molar-refractivity contribution in [3.05, 3.63) is 48.0 Å². The molecule has 2 atom stereocenters. The van der Waals surface area contributed by atoms with E-state index in [9.17, 15) is 4.79 Å². The fraction of sp³-hybridized carbons (Fsp3) is 0.429. The highest BCUT2D eigenvalue weighted by Gasteiger charge is 2.59. The zero-order valence-electron chi connectivity index (χ0n) is 15.1. The molecule has 2 heterocycles. The van der Waals surface area contributed by atoms with Gasteiger partial charge in [-0.15, -0.1) is 0 Å². The molecule has 0 radical (unpaired) electrons. The number of carbonyl (C=O) groups is 1. The Bertz CT molecular complexity index is 778. The van der Waals surface area contributed by atoms with E-state index in [0.29, 0.717) is 24.3 Å². The van der Waals surface area contributed by atoms with Gasteiger partial charge in [-0.3, -0.25) is 4.79 Å². The minimum absolute atomic E-state index is 0.00731. The fourth-order valence-electron chi connectivity index (χ4n) is 4.13. The van der Waals surface area contributed by atoms with Gasteiger partial charge in [-0.25, -0.2) is 4.98 Å². The average molecular weight is 351 g/mol. The molecular formula is C21H25N3O2. The fourth-order valence-corrected chi connectivity index (χ4v) is 4.13. The van der Waals surface area contributed by atoms with Crippen molar-refractivity contribution >= 4 is 11.8 Å². The van der Waals surface area contributed by atoms with Crippen molar-refractivity contribution in [2.45, 2.75) is 13.3 Å². The molecule has 2 aromatic rings. The molecule has 0 amide bonds. The Balaban J connectivity index is 1.27. The standard InChI is InChI=1S/C21H25N3O2/c1-2-26-21(25)20-16-12-24(13-17(16)20)11-10-14-6-8-15(9-7-14)18-4-3-5-19(22)23-18/h3-9,16-17,20H,2,10-13H2,1H3,(H2,22,23). The molecule has 5 heteroatoms. The van der Waals surface area contributed by atoms with Crippen molar-refractivity contribution in [1.29, 1.82) is 0 Å². The Morgan fingerprint density at radius 2 is 1.92 bits per heavy atom. The number of hydrogen-bond donors (Lipinski definition) is 1. The number of piperidine rings is 1. The third-order valence-corrected chi connectivity index (χ3v) is 5.57. The van der Waals surface area contributed by atoms with E-state index >= 15 is 0 Å². The molecule has 1 aromatic carbocycles. The predicted molar refractivity (Wildman–Crippen MR) is 101 cm³/mol. The highest BCUT2D eigenvalue weighted by atomic mass is 16.5. The quantitative estimate of drug-likeness (QED) is 0.810. The molecule has 1 aliphatic heterocycles. The summed E-state index contributed by atoms with van der Waals surface area (Å²) in [6.07, 6.45) is 1.02. The Morgan fingerprint density at radius 3 is 2.58 bits per heavy atom. The van der Waals surface area contributed by atoms with Crippen LogP contribution in [0.1, 0.15) is 12.5 Å². The molecule has 2 unspecified atom stereocenters. The van der Waals surface area contributed by atoms with Crippen LogP contribution in [0.3, 0.4) is 0 Å². The first-order chi connectivity index (χ1) is 12.7. The van der Waals surface area contributed by atoms with Gasteiger partial charge >= 0.3 is 5.97 Å². The van der Waals surface area contributed by atoms with Crippen LogP contribution < -0.4 is 5.73 Å². The monoisotopic (exact) mass is 351 g/mol. The summed E-state index contributed by atoms with van der Waals surface area (Å²) in [5.41, 5.74) is 9.07. The van der Waals surface area contributed by atoms with Crippen LogP contribution in [-0.2, 0) is 16.0 Å². The second-order valence-corrected chi connectivity index (χ2v) is 7.26. The first-order valence-electron chi connectivity index (χ1n) is 9.36. The van der Waals surface area contributed by atoms with Crippen LogP contribution in [-0.4, -0.2) is 42.1 Å². The first-order valence-corrected chi connectivity index (χ1v) is 9.36. The Kier molecular flexibility index (Phi) is 4.64. The number of likely N-dealkylation sites (tertiary alicyclic amines) is 1. The molecule has 0 spiro atoms. The maximum atomic E-state index is 11.8. The van der Waals surface area contributed by atoms with Crippen LogP contribution in [0.2, 0.25) is 0 Å². The van der Waals surface area contributed by atoms with Gasteiger partial charge in [0.05, 0.1) is 18.2 Å². The number of aromatic nitrogens is 1. The highest BCUT2D eigenvalue weighted by molar-refractivity contribution is 5.77. The number of benzene rings is 1. The number of carbonyl (C=O) groups excluding carboxylic acids is 1. The van der Waals surface area contributed by atoms with Crippen LogP contribution in [0.4, 0.5) is 5.82 Å². The molecule has 26 heavy (non-hydrogen) atoms. The number of hydrogen-bond acceptors (Lipinski definition) is 5. The van der Waals surface area contributed by atoms with Crippen molar-refractivity contribution in [3.8, 4) is 11.3 Å². The second-order valence-electron chi connectivity index (χ2n) is 7.26. The lowest BCUT2D eigenvalue weighted by molar-refractivity contribution is -0.145. The third-order valence-electron chi connectivity index (χ3n) is 5.57. The molecule has 5 nitrogen and oxygen atoms in total. The van der Waals surface area contributed by atoms with Crippen LogP contribution >= 0.6 is 0 Å². The topological polar surface area (TPSA) is 68.5 Å². The van der Waals surface area contributed by atoms with Crippen LogP contribution in [0.5, 0.6) is 0 Å². The number of rotatable bonds is 6. The van der Waals surface area contributed by atoms with E-state index in [2.05, 4.69) is 34.1 Å². The summed E-state index contributed by atoms with van der Waals surface area (Å²) in [6.45, 7) is 5.45. The minimum Gasteiger partial charge on any atom is -0.466 e. The van der Waals surface area contributed by atoms with Gasteiger partial charge in [0.15, 0.2) is 0 Å². The normalized spacial score (nSPS) is 24.3. The Hall–Kier alpha value is -2.40. The first kappa shape index (κ1) is 17.0. The van der Waals surface area contributed by atoms with Crippen molar-refractivity contribution in [1.82, 2.24) is 9.88 Å². The minimum atomic E-state index is 0.00731. The maximum Gasteiger partial charge on any atom is 0.309 e. The lowest BCUT2D eigenvalue weighted by atomic mass is 10.1. The SMILES string of the molecule is CCOC(=O)C1C2CN(CCc3ccc(-c4cccc(N)n4)cc3)CC21. The van der Waals surface area contributed by atoms with Gasteiger partial charge in [0.25, 0.3) is 0 Å². The number of nitrogens with zero attached hydrogens (tertiary/aromatic N) is 2. The van der Waals surface area contributed by atoms with Crippen LogP contribution in [0.15, 0.2) is 42.5 Å². The summed E-state index contributed by atoms with van der Waals surface area (Å²) in [7, 11) is 0. The highest BCUT2D eigenvalue weighted by Crippen LogP contribution is 2.52. The Morgan fingerprint density at radius 1 is 1.19 bits per heavy atom. The summed E-state index contributed by atoms with van der Waals surface area (Å²) in [6, 6.07) is 14.2. The van der Waals surface area contributed by atoms with E-state index in [4.69, 9.17) is 10.5 Å². The van der Waals surface area contributed by atoms with E-state index in [-0.39, 0.29) is 11.9 Å². The van der Waals surface area contributed by atoms with Gasteiger partial charge < -0.3 is 15.4 Å². The number of nitrogen functional groups attached to an aromatic ring is 1. The van der Waals surface area contributed by atoms with Gasteiger partial charge in [0.2, 0.25) is 0 Å². The largest absolute Gasteiger partial charge is 0.466 e. The number of anilines is 1. The summed E-state index contributed by atoms with van der Waals surface area (Å²) < 4.78 is 5.15. The number of esters is 1. The summed E-state index contributed by atoms with van der Waals surface area (Å²) >= 11 is 0.